The van der Waals surface area contributed by atoms with Crippen LogP contribution in [-0.2, 0) is 28.9 Å². The molecule has 9 rings (SSSR count). The molecule has 4 atom stereocenters. The molecule has 5 saturated heterocycles. The average Bonchev–Trinajstić information content (AvgIpc) is 3.87. The number of rotatable bonds is 8. The number of piperazine rings is 1. The van der Waals surface area contributed by atoms with Crippen molar-refractivity contribution in [3.05, 3.63) is 66.4 Å². The zero-order valence-corrected chi connectivity index (χ0v) is 31.2. The highest BCUT2D eigenvalue weighted by molar-refractivity contribution is 5.97. The number of benzene rings is 2. The predicted octanol–water partition coefficient (Wildman–Crippen LogP) is 7.59. The number of anilines is 2. The standard InChI is InChI=1S/C35H46N6O2.C5H10O.C2H4.CH4.H2/c1-3-24-7-4-8-25-9-5-10-31(32(24)25)39-18-14-29-30(21-39)37-34(38-33(29)40-19-26-11-12-27(20-40)36-26)43-23-35-15-6-17-41(35)28(13-16-35)22-42-2;1-2-4-6-5-3-1;1-2;;/h4-5,7-10,26-28,36H,3,6,11-23H2,1-2H3;1-5H2;1-2H2;1H4;1H/t26?,27?,28-,35-;;;;/m1..../s1. The van der Waals surface area contributed by atoms with E-state index in [0.717, 1.165) is 83.3 Å². The molecule has 2 aromatic carbocycles. The van der Waals surface area contributed by atoms with E-state index in [1.165, 1.54) is 79.0 Å². The minimum atomic E-state index is 0. The van der Waals surface area contributed by atoms with Gasteiger partial charge in [-0.15, -0.1) is 13.2 Å². The Morgan fingerprint density at radius 2 is 1.71 bits per heavy atom. The van der Waals surface area contributed by atoms with Gasteiger partial charge in [0.15, 0.2) is 0 Å². The highest BCUT2D eigenvalue weighted by atomic mass is 16.5. The van der Waals surface area contributed by atoms with Gasteiger partial charge in [0.25, 0.3) is 0 Å². The van der Waals surface area contributed by atoms with Gasteiger partial charge in [0.2, 0.25) is 0 Å². The lowest BCUT2D eigenvalue weighted by atomic mass is 9.95. The van der Waals surface area contributed by atoms with Crippen molar-refractivity contribution in [3.8, 4) is 6.01 Å². The van der Waals surface area contributed by atoms with Gasteiger partial charge < -0.3 is 29.3 Å². The van der Waals surface area contributed by atoms with Crippen molar-refractivity contribution in [2.24, 2.45) is 0 Å². The smallest absolute Gasteiger partial charge is 0.318 e. The normalized spacial score (nSPS) is 26.4. The van der Waals surface area contributed by atoms with Crippen LogP contribution in [0, 0.1) is 0 Å². The number of nitrogens with zero attached hydrogens (tertiary/aromatic N) is 5. The first kappa shape index (κ1) is 38.5. The summed E-state index contributed by atoms with van der Waals surface area (Å²) in [6.45, 7) is 16.6. The van der Waals surface area contributed by atoms with Crippen molar-refractivity contribution in [2.45, 2.75) is 115 Å². The highest BCUT2D eigenvalue weighted by Gasteiger charge is 2.50. The molecule has 2 unspecified atom stereocenters. The fraction of sp³-hybridized carbons (Fsp3) is 0.628. The molecule has 52 heavy (non-hydrogen) atoms. The van der Waals surface area contributed by atoms with E-state index >= 15 is 0 Å². The van der Waals surface area contributed by atoms with Gasteiger partial charge in [0, 0.05) is 76.1 Å². The van der Waals surface area contributed by atoms with Crippen LogP contribution in [0.25, 0.3) is 10.8 Å². The Morgan fingerprint density at radius 3 is 2.40 bits per heavy atom. The van der Waals surface area contributed by atoms with Gasteiger partial charge in [-0.25, -0.2) is 0 Å². The van der Waals surface area contributed by atoms with E-state index in [2.05, 4.69) is 76.5 Å². The maximum absolute atomic E-state index is 6.67. The van der Waals surface area contributed by atoms with E-state index in [1.807, 2.05) is 7.11 Å². The molecule has 0 saturated carbocycles. The summed E-state index contributed by atoms with van der Waals surface area (Å²) < 4.78 is 17.3. The first-order valence-corrected chi connectivity index (χ1v) is 19.8. The topological polar surface area (TPSA) is 75.2 Å². The number of ether oxygens (including phenoxy) is 3. The molecule has 1 N–H and O–H groups in total. The van der Waals surface area contributed by atoms with Crippen molar-refractivity contribution in [1.29, 1.82) is 0 Å². The molecular formula is C43H66N6O3. The first-order chi connectivity index (χ1) is 25.1. The van der Waals surface area contributed by atoms with Crippen LogP contribution in [0.5, 0.6) is 6.01 Å². The van der Waals surface area contributed by atoms with Crippen molar-refractivity contribution in [3.63, 3.8) is 0 Å². The summed E-state index contributed by atoms with van der Waals surface area (Å²) in [4.78, 5) is 18.1. The fourth-order valence-electron chi connectivity index (χ4n) is 9.71. The van der Waals surface area contributed by atoms with Crippen LogP contribution in [0.15, 0.2) is 49.6 Å². The Hall–Kier alpha value is -3.24. The lowest BCUT2D eigenvalue weighted by Gasteiger charge is -2.38. The van der Waals surface area contributed by atoms with Crippen molar-refractivity contribution >= 4 is 22.3 Å². The number of hydrogen-bond donors (Lipinski definition) is 1. The van der Waals surface area contributed by atoms with Gasteiger partial charge in [-0.2, -0.15) is 9.97 Å². The zero-order valence-electron chi connectivity index (χ0n) is 31.2. The maximum Gasteiger partial charge on any atom is 0.318 e. The third-order valence-electron chi connectivity index (χ3n) is 12.2. The summed E-state index contributed by atoms with van der Waals surface area (Å²) in [7, 11) is 1.82. The minimum absolute atomic E-state index is 0. The Morgan fingerprint density at radius 1 is 0.942 bits per heavy atom. The van der Waals surface area contributed by atoms with E-state index in [9.17, 15) is 0 Å². The lowest BCUT2D eigenvalue weighted by molar-refractivity contribution is 0.0519. The van der Waals surface area contributed by atoms with Crippen LogP contribution in [0.2, 0.25) is 0 Å². The van der Waals surface area contributed by atoms with Gasteiger partial charge in [-0.1, -0.05) is 44.7 Å². The SMILES string of the molecule is C.C1CCOCC1.C=C.CCc1cccc2cccc(N3CCc4c(nc(OC[C@]56CCCN5[C@@H](COC)CC6)nc4N4CC5CCC(C4)N5)C3)c12.[HH]. The van der Waals surface area contributed by atoms with Crippen molar-refractivity contribution in [1.82, 2.24) is 20.2 Å². The van der Waals surface area contributed by atoms with Crippen LogP contribution in [0.3, 0.4) is 0 Å². The van der Waals surface area contributed by atoms with Crippen LogP contribution >= 0.6 is 0 Å². The molecule has 6 aliphatic heterocycles. The Kier molecular flexibility index (Phi) is 13.1. The van der Waals surface area contributed by atoms with Gasteiger partial charge in [0.1, 0.15) is 12.4 Å². The van der Waals surface area contributed by atoms with Gasteiger partial charge >= 0.3 is 6.01 Å². The summed E-state index contributed by atoms with van der Waals surface area (Å²) in [5.74, 6) is 1.12. The Balaban J connectivity index is 0.000000489. The molecule has 286 valence electrons. The molecule has 6 aliphatic rings. The minimum Gasteiger partial charge on any atom is -0.461 e. The molecule has 0 amide bonds. The number of aryl methyl sites for hydroxylation is 1. The number of fused-ring (bicyclic) bond motifs is 5. The monoisotopic (exact) mass is 715 g/mol. The first-order valence-electron chi connectivity index (χ1n) is 19.8. The summed E-state index contributed by atoms with van der Waals surface area (Å²) in [6.07, 6.45) is 13.2. The second kappa shape index (κ2) is 17.7. The van der Waals surface area contributed by atoms with Crippen LogP contribution < -0.4 is 19.9 Å². The largest absolute Gasteiger partial charge is 0.461 e. The molecule has 9 nitrogen and oxygen atoms in total. The van der Waals surface area contributed by atoms with Gasteiger partial charge in [-0.3, -0.25) is 4.90 Å². The van der Waals surface area contributed by atoms with Crippen molar-refractivity contribution in [2.75, 3.05) is 69.5 Å². The molecule has 9 heteroatoms. The summed E-state index contributed by atoms with van der Waals surface area (Å²) in [5.41, 5.74) is 5.27. The van der Waals surface area contributed by atoms with Crippen LogP contribution in [-0.4, -0.2) is 98.2 Å². The number of nitrogens with one attached hydrogen (secondary N) is 1. The summed E-state index contributed by atoms with van der Waals surface area (Å²) in [5, 5.41) is 6.50. The third kappa shape index (κ3) is 7.98. The summed E-state index contributed by atoms with van der Waals surface area (Å²) in [6, 6.07) is 15.6. The average molecular weight is 715 g/mol. The maximum atomic E-state index is 6.67. The van der Waals surface area contributed by atoms with E-state index < -0.39 is 0 Å². The molecule has 7 heterocycles. The number of hydrogen-bond acceptors (Lipinski definition) is 9. The molecule has 1 aromatic heterocycles. The van der Waals surface area contributed by atoms with E-state index in [0.29, 0.717) is 30.7 Å². The van der Waals surface area contributed by atoms with E-state index in [4.69, 9.17) is 24.2 Å². The molecule has 0 spiro atoms. The van der Waals surface area contributed by atoms with Gasteiger partial charge in [-0.05, 0) is 94.2 Å². The molecule has 0 radical (unpaired) electrons. The quantitative estimate of drug-likeness (QED) is 0.238. The van der Waals surface area contributed by atoms with Crippen LogP contribution in [0.4, 0.5) is 11.5 Å². The molecular weight excluding hydrogens is 649 g/mol. The van der Waals surface area contributed by atoms with E-state index in [-0.39, 0.29) is 14.4 Å². The molecule has 5 fully saturated rings. The zero-order chi connectivity index (χ0) is 35.2. The molecule has 2 bridgehead atoms. The Bertz CT molecular complexity index is 1590. The Labute approximate surface area is 314 Å². The summed E-state index contributed by atoms with van der Waals surface area (Å²) >= 11 is 0. The third-order valence-corrected chi connectivity index (χ3v) is 12.2. The molecule has 3 aromatic rings. The van der Waals surface area contributed by atoms with Gasteiger partial charge in [0.05, 0.1) is 24.4 Å². The molecule has 0 aliphatic carbocycles. The number of methoxy groups -OCH3 is 1. The second-order valence-electron chi connectivity index (χ2n) is 15.2. The van der Waals surface area contributed by atoms with Crippen LogP contribution in [0.1, 0.15) is 90.4 Å². The predicted molar refractivity (Wildman–Crippen MR) is 216 cm³/mol. The fourth-order valence-corrected chi connectivity index (χ4v) is 9.71. The second-order valence-corrected chi connectivity index (χ2v) is 15.2. The number of aromatic nitrogens is 2. The van der Waals surface area contributed by atoms with E-state index in [1.54, 1.807) is 0 Å². The highest BCUT2D eigenvalue weighted by Crippen LogP contribution is 2.43. The van der Waals surface area contributed by atoms with Crippen molar-refractivity contribution < 1.29 is 15.6 Å². The lowest BCUT2D eigenvalue weighted by Crippen LogP contribution is -2.52.